The SMILES string of the molecule is CCCC(CCC)c1cccc(C(CCC)(CCO)N(C)C)c1. The molecule has 0 spiro atoms. The average Bonchev–Trinajstić information content (AvgIpc) is 2.54. The number of hydrogen-bond donors (Lipinski definition) is 1. The average molecular weight is 320 g/mol. The van der Waals surface area contributed by atoms with Crippen LogP contribution in [0.25, 0.3) is 0 Å². The Morgan fingerprint density at radius 2 is 1.65 bits per heavy atom. The van der Waals surface area contributed by atoms with Crippen LogP contribution < -0.4 is 0 Å². The van der Waals surface area contributed by atoms with Gasteiger partial charge in [-0.25, -0.2) is 0 Å². The van der Waals surface area contributed by atoms with E-state index in [1.807, 2.05) is 0 Å². The molecule has 0 aliphatic heterocycles. The molecule has 1 aromatic carbocycles. The van der Waals surface area contributed by atoms with Crippen LogP contribution in [0.2, 0.25) is 0 Å². The van der Waals surface area contributed by atoms with Crippen molar-refractivity contribution >= 4 is 0 Å². The molecule has 0 aliphatic carbocycles. The van der Waals surface area contributed by atoms with E-state index < -0.39 is 0 Å². The predicted molar refractivity (Wildman–Crippen MR) is 101 cm³/mol. The van der Waals surface area contributed by atoms with E-state index in [1.165, 1.54) is 36.8 Å². The second-order valence-corrected chi connectivity index (χ2v) is 7.05. The Kier molecular flexibility index (Phi) is 8.86. The van der Waals surface area contributed by atoms with Gasteiger partial charge in [-0.05, 0) is 56.8 Å². The molecule has 0 heterocycles. The van der Waals surface area contributed by atoms with Gasteiger partial charge in [-0.2, -0.15) is 0 Å². The minimum Gasteiger partial charge on any atom is -0.396 e. The molecule has 0 radical (unpaired) electrons. The van der Waals surface area contributed by atoms with Crippen molar-refractivity contribution in [3.05, 3.63) is 35.4 Å². The molecule has 23 heavy (non-hydrogen) atoms. The minimum atomic E-state index is -0.0531. The van der Waals surface area contributed by atoms with Crippen LogP contribution in [-0.2, 0) is 5.54 Å². The largest absolute Gasteiger partial charge is 0.396 e. The van der Waals surface area contributed by atoms with Crippen molar-refractivity contribution in [2.24, 2.45) is 0 Å². The topological polar surface area (TPSA) is 23.5 Å². The summed E-state index contributed by atoms with van der Waals surface area (Å²) >= 11 is 0. The smallest absolute Gasteiger partial charge is 0.0476 e. The monoisotopic (exact) mass is 319 g/mol. The summed E-state index contributed by atoms with van der Waals surface area (Å²) in [4.78, 5) is 2.31. The molecular weight excluding hydrogens is 282 g/mol. The van der Waals surface area contributed by atoms with Crippen molar-refractivity contribution in [3.63, 3.8) is 0 Å². The number of aliphatic hydroxyl groups is 1. The maximum absolute atomic E-state index is 9.66. The maximum Gasteiger partial charge on any atom is 0.0476 e. The molecule has 0 fully saturated rings. The fourth-order valence-corrected chi connectivity index (χ4v) is 3.97. The van der Waals surface area contributed by atoms with Crippen LogP contribution in [0.1, 0.15) is 82.8 Å². The van der Waals surface area contributed by atoms with E-state index in [2.05, 4.69) is 64.0 Å². The summed E-state index contributed by atoms with van der Waals surface area (Å²) in [5.41, 5.74) is 2.79. The molecule has 1 unspecified atom stereocenters. The van der Waals surface area contributed by atoms with Gasteiger partial charge >= 0.3 is 0 Å². The van der Waals surface area contributed by atoms with E-state index in [1.54, 1.807) is 0 Å². The van der Waals surface area contributed by atoms with E-state index in [0.717, 1.165) is 19.3 Å². The Bertz CT molecular complexity index is 429. The highest BCUT2D eigenvalue weighted by Gasteiger charge is 2.33. The lowest BCUT2D eigenvalue weighted by molar-refractivity contribution is 0.0956. The zero-order chi connectivity index (χ0) is 17.3. The Balaban J connectivity index is 3.25. The summed E-state index contributed by atoms with van der Waals surface area (Å²) in [6, 6.07) is 9.18. The summed E-state index contributed by atoms with van der Waals surface area (Å²) in [7, 11) is 4.29. The molecule has 1 aromatic rings. The van der Waals surface area contributed by atoms with Crippen LogP contribution in [0.4, 0.5) is 0 Å². The van der Waals surface area contributed by atoms with Crippen molar-refractivity contribution in [2.75, 3.05) is 20.7 Å². The van der Waals surface area contributed by atoms with Crippen molar-refractivity contribution in [1.82, 2.24) is 4.90 Å². The Morgan fingerprint density at radius 1 is 1.00 bits per heavy atom. The van der Waals surface area contributed by atoms with Gasteiger partial charge < -0.3 is 5.11 Å². The summed E-state index contributed by atoms with van der Waals surface area (Å²) in [5, 5.41) is 9.66. The van der Waals surface area contributed by atoms with Crippen molar-refractivity contribution in [3.8, 4) is 0 Å². The highest BCUT2D eigenvalue weighted by molar-refractivity contribution is 5.32. The van der Waals surface area contributed by atoms with Crippen LogP contribution in [0.15, 0.2) is 24.3 Å². The molecular formula is C21H37NO. The third-order valence-corrected chi connectivity index (χ3v) is 5.21. The van der Waals surface area contributed by atoms with Gasteiger partial charge in [0.1, 0.15) is 0 Å². The zero-order valence-corrected chi connectivity index (χ0v) is 15.9. The first kappa shape index (κ1) is 20.2. The van der Waals surface area contributed by atoms with E-state index in [4.69, 9.17) is 0 Å². The molecule has 1 rings (SSSR count). The van der Waals surface area contributed by atoms with E-state index in [0.29, 0.717) is 5.92 Å². The Hall–Kier alpha value is -0.860. The fourth-order valence-electron chi connectivity index (χ4n) is 3.97. The number of nitrogens with zero attached hydrogens (tertiary/aromatic N) is 1. The second-order valence-electron chi connectivity index (χ2n) is 7.05. The van der Waals surface area contributed by atoms with Gasteiger partial charge in [-0.15, -0.1) is 0 Å². The highest BCUT2D eigenvalue weighted by atomic mass is 16.3. The lowest BCUT2D eigenvalue weighted by Gasteiger charge is -2.41. The van der Waals surface area contributed by atoms with Crippen LogP contribution in [0.3, 0.4) is 0 Å². The lowest BCUT2D eigenvalue weighted by atomic mass is 9.79. The molecule has 1 atom stereocenters. The summed E-state index contributed by atoms with van der Waals surface area (Å²) in [6.07, 6.45) is 7.99. The molecule has 0 amide bonds. The second kappa shape index (κ2) is 10.1. The van der Waals surface area contributed by atoms with E-state index in [9.17, 15) is 5.11 Å². The maximum atomic E-state index is 9.66. The normalized spacial score (nSPS) is 14.4. The van der Waals surface area contributed by atoms with Gasteiger partial charge in [0.15, 0.2) is 0 Å². The molecule has 0 aliphatic rings. The molecule has 0 aromatic heterocycles. The number of hydrogen-bond acceptors (Lipinski definition) is 2. The van der Waals surface area contributed by atoms with Gasteiger partial charge in [0, 0.05) is 12.1 Å². The quantitative estimate of drug-likeness (QED) is 0.597. The van der Waals surface area contributed by atoms with Gasteiger partial charge in [0.2, 0.25) is 0 Å². The van der Waals surface area contributed by atoms with Crippen LogP contribution >= 0.6 is 0 Å². The predicted octanol–water partition coefficient (Wildman–Crippen LogP) is 5.31. The molecule has 0 saturated heterocycles. The molecule has 2 heteroatoms. The van der Waals surface area contributed by atoms with Crippen LogP contribution in [0, 0.1) is 0 Å². The van der Waals surface area contributed by atoms with Gasteiger partial charge in [-0.3, -0.25) is 4.90 Å². The summed E-state index contributed by atoms with van der Waals surface area (Å²) < 4.78 is 0. The standard InChI is InChI=1S/C21H37NO/c1-6-10-18(11-7-2)19-12-9-13-20(17-19)21(14-8-3,15-16-23)22(4)5/h9,12-13,17-18,23H,6-8,10-11,14-16H2,1-5H3. The first-order valence-corrected chi connectivity index (χ1v) is 9.44. The highest BCUT2D eigenvalue weighted by Crippen LogP contribution is 2.37. The minimum absolute atomic E-state index is 0.0531. The van der Waals surface area contributed by atoms with Crippen LogP contribution in [-0.4, -0.2) is 30.7 Å². The molecule has 132 valence electrons. The first-order valence-electron chi connectivity index (χ1n) is 9.44. The number of aliphatic hydroxyl groups excluding tert-OH is 1. The number of rotatable bonds is 11. The Labute approximate surface area is 143 Å². The first-order chi connectivity index (χ1) is 11.1. The van der Waals surface area contributed by atoms with Gasteiger partial charge in [0.05, 0.1) is 0 Å². The number of benzene rings is 1. The lowest BCUT2D eigenvalue weighted by Crippen LogP contribution is -2.42. The third kappa shape index (κ3) is 5.06. The zero-order valence-electron chi connectivity index (χ0n) is 15.9. The fraction of sp³-hybridized carbons (Fsp3) is 0.714. The van der Waals surface area contributed by atoms with E-state index >= 15 is 0 Å². The third-order valence-electron chi connectivity index (χ3n) is 5.21. The summed E-state index contributed by atoms with van der Waals surface area (Å²) in [6.45, 7) is 7.02. The molecule has 1 N–H and O–H groups in total. The van der Waals surface area contributed by atoms with Crippen LogP contribution in [0.5, 0.6) is 0 Å². The molecule has 0 bridgehead atoms. The van der Waals surface area contributed by atoms with Crippen molar-refractivity contribution in [1.29, 1.82) is 0 Å². The summed E-state index contributed by atoms with van der Waals surface area (Å²) in [5.74, 6) is 0.667. The van der Waals surface area contributed by atoms with Crippen molar-refractivity contribution in [2.45, 2.75) is 77.2 Å². The van der Waals surface area contributed by atoms with Gasteiger partial charge in [0.25, 0.3) is 0 Å². The van der Waals surface area contributed by atoms with Crippen molar-refractivity contribution < 1.29 is 5.11 Å². The Morgan fingerprint density at radius 3 is 2.13 bits per heavy atom. The van der Waals surface area contributed by atoms with Gasteiger partial charge in [-0.1, -0.05) is 64.3 Å². The van der Waals surface area contributed by atoms with E-state index in [-0.39, 0.29) is 12.1 Å². The molecule has 0 saturated carbocycles. The molecule has 2 nitrogen and oxygen atoms in total.